The molecule has 19 heavy (non-hydrogen) atoms. The summed E-state index contributed by atoms with van der Waals surface area (Å²) in [4.78, 5) is 0. The lowest BCUT2D eigenvalue weighted by Gasteiger charge is -2.34. The maximum absolute atomic E-state index is 9.26. The van der Waals surface area contributed by atoms with Gasteiger partial charge in [0, 0.05) is 0 Å². The topological polar surface area (TPSA) is 47.9 Å². The van der Waals surface area contributed by atoms with E-state index in [1.165, 1.54) is 0 Å². The molecule has 0 saturated carbocycles. The van der Waals surface area contributed by atoms with Gasteiger partial charge in [0.2, 0.25) is 0 Å². The van der Waals surface area contributed by atoms with Crippen LogP contribution in [0.2, 0.25) is 0 Å². The third-order valence-electron chi connectivity index (χ3n) is 2.33. The SMILES string of the molecule is CC(C)COC(CCO)(OCC(C)C)OCC(C)C. The second kappa shape index (κ2) is 9.70. The molecule has 0 saturated heterocycles. The number of aliphatic hydroxyl groups is 1. The number of hydrogen-bond donors (Lipinski definition) is 1. The van der Waals surface area contributed by atoms with Crippen LogP contribution in [-0.2, 0) is 14.2 Å². The first-order valence-corrected chi connectivity index (χ1v) is 7.34. The van der Waals surface area contributed by atoms with Gasteiger partial charge in [-0.2, -0.15) is 0 Å². The van der Waals surface area contributed by atoms with Crippen molar-refractivity contribution in [3.05, 3.63) is 0 Å². The van der Waals surface area contributed by atoms with E-state index in [1.54, 1.807) is 0 Å². The molecule has 0 aliphatic carbocycles. The molecule has 0 fully saturated rings. The van der Waals surface area contributed by atoms with E-state index in [4.69, 9.17) is 14.2 Å². The standard InChI is InChI=1S/C15H32O4/c1-12(2)9-17-15(7-8-16,18-10-13(3)4)19-11-14(5)6/h12-14,16H,7-11H2,1-6H3. The summed E-state index contributed by atoms with van der Waals surface area (Å²) >= 11 is 0. The van der Waals surface area contributed by atoms with Crippen molar-refractivity contribution in [2.75, 3.05) is 26.4 Å². The predicted octanol–water partition coefficient (Wildman–Crippen LogP) is 3.04. The van der Waals surface area contributed by atoms with E-state index < -0.39 is 5.97 Å². The second-order valence-electron chi connectivity index (χ2n) is 6.27. The van der Waals surface area contributed by atoms with Crippen molar-refractivity contribution < 1.29 is 19.3 Å². The predicted molar refractivity (Wildman–Crippen MR) is 76.8 cm³/mol. The average Bonchev–Trinajstić information content (AvgIpc) is 2.31. The first-order chi connectivity index (χ1) is 8.81. The van der Waals surface area contributed by atoms with Crippen molar-refractivity contribution in [3.63, 3.8) is 0 Å². The van der Waals surface area contributed by atoms with Gasteiger partial charge >= 0.3 is 0 Å². The van der Waals surface area contributed by atoms with Crippen LogP contribution in [0.5, 0.6) is 0 Å². The Bertz CT molecular complexity index is 183. The summed E-state index contributed by atoms with van der Waals surface area (Å²) < 4.78 is 17.5. The highest BCUT2D eigenvalue weighted by Gasteiger charge is 2.34. The quantitative estimate of drug-likeness (QED) is 0.589. The van der Waals surface area contributed by atoms with Crippen molar-refractivity contribution in [2.45, 2.75) is 53.9 Å². The molecule has 0 unspecified atom stereocenters. The molecule has 4 nitrogen and oxygen atoms in total. The van der Waals surface area contributed by atoms with Crippen molar-refractivity contribution in [1.82, 2.24) is 0 Å². The van der Waals surface area contributed by atoms with Crippen LogP contribution in [0.1, 0.15) is 48.0 Å². The van der Waals surface area contributed by atoms with Crippen LogP contribution >= 0.6 is 0 Å². The number of aliphatic hydroxyl groups excluding tert-OH is 1. The van der Waals surface area contributed by atoms with Crippen molar-refractivity contribution >= 4 is 0 Å². The maximum atomic E-state index is 9.26. The van der Waals surface area contributed by atoms with E-state index in [0.717, 1.165) is 0 Å². The minimum atomic E-state index is -1.10. The van der Waals surface area contributed by atoms with Crippen LogP contribution in [-0.4, -0.2) is 37.5 Å². The van der Waals surface area contributed by atoms with E-state index in [0.29, 0.717) is 44.0 Å². The Hall–Kier alpha value is -0.160. The summed E-state index contributed by atoms with van der Waals surface area (Å²) in [5.74, 6) is 0.0724. The Balaban J connectivity index is 4.65. The van der Waals surface area contributed by atoms with Gasteiger partial charge in [0.25, 0.3) is 5.97 Å². The molecule has 116 valence electrons. The van der Waals surface area contributed by atoms with E-state index in [-0.39, 0.29) is 6.61 Å². The van der Waals surface area contributed by atoms with Crippen molar-refractivity contribution in [1.29, 1.82) is 0 Å². The molecular weight excluding hydrogens is 244 g/mol. The molecule has 0 bridgehead atoms. The minimum Gasteiger partial charge on any atom is -0.396 e. The van der Waals surface area contributed by atoms with Gasteiger partial charge in [-0.25, -0.2) is 0 Å². The molecule has 0 rings (SSSR count). The molecule has 0 aromatic heterocycles. The molecule has 0 aromatic carbocycles. The summed E-state index contributed by atoms with van der Waals surface area (Å²) in [7, 11) is 0. The zero-order valence-electron chi connectivity index (χ0n) is 13.4. The number of rotatable bonds is 11. The van der Waals surface area contributed by atoms with Gasteiger partial charge in [-0.05, 0) is 17.8 Å². The van der Waals surface area contributed by atoms with Crippen LogP contribution in [0.4, 0.5) is 0 Å². The van der Waals surface area contributed by atoms with Crippen molar-refractivity contribution in [2.24, 2.45) is 17.8 Å². The Morgan fingerprint density at radius 3 is 1.26 bits per heavy atom. The van der Waals surface area contributed by atoms with Gasteiger partial charge in [0.15, 0.2) is 0 Å². The van der Waals surface area contributed by atoms with E-state index in [2.05, 4.69) is 41.5 Å². The van der Waals surface area contributed by atoms with Gasteiger partial charge in [-0.1, -0.05) is 41.5 Å². The van der Waals surface area contributed by atoms with Crippen LogP contribution in [0.3, 0.4) is 0 Å². The highest BCUT2D eigenvalue weighted by molar-refractivity contribution is 4.61. The highest BCUT2D eigenvalue weighted by atomic mass is 16.9. The van der Waals surface area contributed by atoms with Crippen molar-refractivity contribution in [3.8, 4) is 0 Å². The fourth-order valence-electron chi connectivity index (χ4n) is 1.36. The zero-order chi connectivity index (χ0) is 14.9. The van der Waals surface area contributed by atoms with Gasteiger partial charge in [-0.3, -0.25) is 0 Å². The molecule has 0 aliphatic heterocycles. The lowest BCUT2D eigenvalue weighted by Crippen LogP contribution is -2.43. The smallest absolute Gasteiger partial charge is 0.285 e. The van der Waals surface area contributed by atoms with Crippen LogP contribution in [0.25, 0.3) is 0 Å². The van der Waals surface area contributed by atoms with Gasteiger partial charge in [0.05, 0.1) is 32.8 Å². The fraction of sp³-hybridized carbons (Fsp3) is 1.00. The second-order valence-corrected chi connectivity index (χ2v) is 6.27. The Morgan fingerprint density at radius 2 is 1.05 bits per heavy atom. The largest absolute Gasteiger partial charge is 0.396 e. The lowest BCUT2D eigenvalue weighted by atomic mass is 10.2. The lowest BCUT2D eigenvalue weighted by molar-refractivity contribution is -0.391. The Morgan fingerprint density at radius 1 is 0.737 bits per heavy atom. The van der Waals surface area contributed by atoms with Crippen LogP contribution in [0.15, 0.2) is 0 Å². The normalized spacial score (nSPS) is 12.9. The monoisotopic (exact) mass is 276 g/mol. The van der Waals surface area contributed by atoms with E-state index in [1.807, 2.05) is 0 Å². The summed E-state index contributed by atoms with van der Waals surface area (Å²) in [6, 6.07) is 0. The molecule has 0 atom stereocenters. The molecular formula is C15H32O4. The maximum Gasteiger partial charge on any atom is 0.285 e. The van der Waals surface area contributed by atoms with Gasteiger partial charge in [0.1, 0.15) is 0 Å². The zero-order valence-corrected chi connectivity index (χ0v) is 13.4. The van der Waals surface area contributed by atoms with E-state index in [9.17, 15) is 5.11 Å². The summed E-state index contributed by atoms with van der Waals surface area (Å²) in [6.07, 6.45) is 0.333. The molecule has 0 aromatic rings. The van der Waals surface area contributed by atoms with E-state index >= 15 is 0 Å². The van der Waals surface area contributed by atoms with Gasteiger partial charge in [-0.15, -0.1) is 0 Å². The Kier molecular flexibility index (Phi) is 9.62. The number of hydrogen-bond acceptors (Lipinski definition) is 4. The van der Waals surface area contributed by atoms with Crippen LogP contribution < -0.4 is 0 Å². The summed E-state index contributed by atoms with van der Waals surface area (Å²) in [5, 5.41) is 9.26. The van der Waals surface area contributed by atoms with Crippen LogP contribution in [0, 0.1) is 17.8 Å². The van der Waals surface area contributed by atoms with Gasteiger partial charge < -0.3 is 19.3 Å². The third-order valence-corrected chi connectivity index (χ3v) is 2.33. The molecule has 1 N–H and O–H groups in total. The summed E-state index contributed by atoms with van der Waals surface area (Å²) in [6.45, 7) is 14.1. The molecule has 0 aliphatic rings. The molecule has 4 heteroatoms. The average molecular weight is 276 g/mol. The fourth-order valence-corrected chi connectivity index (χ4v) is 1.36. The minimum absolute atomic E-state index is 0.0196. The number of ether oxygens (including phenoxy) is 3. The molecule has 0 radical (unpaired) electrons. The third kappa shape index (κ3) is 9.38. The highest BCUT2D eigenvalue weighted by Crippen LogP contribution is 2.23. The Labute approximate surface area is 118 Å². The first kappa shape index (κ1) is 18.8. The first-order valence-electron chi connectivity index (χ1n) is 7.34. The molecule has 0 amide bonds. The molecule has 0 spiro atoms. The molecule has 0 heterocycles. The summed E-state index contributed by atoms with van der Waals surface area (Å²) in [5.41, 5.74) is 0.